The van der Waals surface area contributed by atoms with Crippen molar-refractivity contribution >= 4 is 0 Å². The fourth-order valence-electron chi connectivity index (χ4n) is 2.35. The highest BCUT2D eigenvalue weighted by Gasteiger charge is 2.07. The van der Waals surface area contributed by atoms with Crippen LogP contribution in [0.3, 0.4) is 0 Å². The van der Waals surface area contributed by atoms with Crippen molar-refractivity contribution in [3.05, 3.63) is 58.7 Å². The van der Waals surface area contributed by atoms with Crippen molar-refractivity contribution in [3.63, 3.8) is 0 Å². The second-order valence-electron chi connectivity index (χ2n) is 5.57. The molecule has 0 amide bonds. The van der Waals surface area contributed by atoms with Crippen LogP contribution in [0.25, 0.3) is 0 Å². The molecule has 2 aromatic rings. The van der Waals surface area contributed by atoms with Gasteiger partial charge in [-0.25, -0.2) is 0 Å². The molecule has 20 heavy (non-hydrogen) atoms. The van der Waals surface area contributed by atoms with Gasteiger partial charge < -0.3 is 5.32 Å². The van der Waals surface area contributed by atoms with Crippen molar-refractivity contribution in [1.82, 2.24) is 15.3 Å². The fraction of sp³-hybridized carbons (Fsp3) is 0.412. The van der Waals surface area contributed by atoms with Crippen LogP contribution >= 0.6 is 0 Å². The van der Waals surface area contributed by atoms with Gasteiger partial charge in [-0.2, -0.15) is 0 Å². The summed E-state index contributed by atoms with van der Waals surface area (Å²) in [7, 11) is 0. The molecule has 0 bridgehead atoms. The number of hydrogen-bond donors (Lipinski definition) is 1. The molecule has 106 valence electrons. The third-order valence-corrected chi connectivity index (χ3v) is 3.46. The molecule has 0 atom stereocenters. The van der Waals surface area contributed by atoms with Gasteiger partial charge in [0.05, 0.1) is 11.4 Å². The van der Waals surface area contributed by atoms with Crippen molar-refractivity contribution in [1.29, 1.82) is 0 Å². The van der Waals surface area contributed by atoms with Crippen molar-refractivity contribution in [2.45, 2.75) is 46.7 Å². The lowest BCUT2D eigenvalue weighted by molar-refractivity contribution is 0.652. The van der Waals surface area contributed by atoms with Crippen LogP contribution in [0.1, 0.15) is 47.8 Å². The molecule has 0 saturated carbocycles. The normalized spacial score (nSPS) is 11.1. The monoisotopic (exact) mass is 269 g/mol. The number of nitrogens with zero attached hydrogens (tertiary/aromatic N) is 2. The maximum atomic E-state index is 4.48. The number of hydrogen-bond acceptors (Lipinski definition) is 3. The van der Waals surface area contributed by atoms with E-state index in [4.69, 9.17) is 0 Å². The molecule has 0 aliphatic rings. The van der Waals surface area contributed by atoms with E-state index in [1.165, 1.54) is 16.7 Å². The Balaban J connectivity index is 1.99. The summed E-state index contributed by atoms with van der Waals surface area (Å²) in [5.74, 6) is 0.500. The highest BCUT2D eigenvalue weighted by Crippen LogP contribution is 2.17. The Hall–Kier alpha value is -1.74. The Morgan fingerprint density at radius 2 is 1.85 bits per heavy atom. The molecule has 2 heterocycles. The van der Waals surface area contributed by atoms with Crippen molar-refractivity contribution in [2.75, 3.05) is 0 Å². The lowest BCUT2D eigenvalue weighted by Gasteiger charge is -2.12. The summed E-state index contributed by atoms with van der Waals surface area (Å²) in [6, 6.07) is 6.33. The summed E-state index contributed by atoms with van der Waals surface area (Å²) in [4.78, 5) is 8.97. The predicted molar refractivity (Wildman–Crippen MR) is 82.6 cm³/mol. The second kappa shape index (κ2) is 6.62. The summed E-state index contributed by atoms with van der Waals surface area (Å²) in [6.45, 7) is 10.1. The second-order valence-corrected chi connectivity index (χ2v) is 5.57. The van der Waals surface area contributed by atoms with Crippen molar-refractivity contribution in [3.8, 4) is 0 Å². The van der Waals surface area contributed by atoms with E-state index in [0.29, 0.717) is 5.92 Å². The quantitative estimate of drug-likeness (QED) is 0.902. The maximum Gasteiger partial charge on any atom is 0.0576 e. The zero-order valence-corrected chi connectivity index (χ0v) is 12.8. The molecule has 0 spiro atoms. The molecule has 0 aliphatic carbocycles. The standard InChI is InChI=1S/C17H23N3/c1-12(2)15-6-5-7-19-17(15)11-18-10-16-14(4)8-13(3)9-20-16/h5-9,12,18H,10-11H2,1-4H3. The first-order valence-electron chi connectivity index (χ1n) is 7.14. The minimum Gasteiger partial charge on any atom is -0.305 e. The lowest BCUT2D eigenvalue weighted by Crippen LogP contribution is -2.17. The third-order valence-electron chi connectivity index (χ3n) is 3.46. The summed E-state index contributed by atoms with van der Waals surface area (Å²) in [5.41, 5.74) is 6.00. The van der Waals surface area contributed by atoms with Crippen LogP contribution in [0.5, 0.6) is 0 Å². The van der Waals surface area contributed by atoms with Crippen LogP contribution in [0.15, 0.2) is 30.6 Å². The van der Waals surface area contributed by atoms with E-state index in [1.807, 2.05) is 18.5 Å². The van der Waals surface area contributed by atoms with Gasteiger partial charge in [-0.1, -0.05) is 26.0 Å². The molecular formula is C17H23N3. The van der Waals surface area contributed by atoms with E-state index in [9.17, 15) is 0 Å². The van der Waals surface area contributed by atoms with Gasteiger partial charge in [-0.15, -0.1) is 0 Å². The number of aromatic nitrogens is 2. The molecular weight excluding hydrogens is 246 g/mol. The zero-order valence-electron chi connectivity index (χ0n) is 12.8. The van der Waals surface area contributed by atoms with Gasteiger partial charge in [0.2, 0.25) is 0 Å². The smallest absolute Gasteiger partial charge is 0.0576 e. The van der Waals surface area contributed by atoms with Crippen molar-refractivity contribution in [2.24, 2.45) is 0 Å². The largest absolute Gasteiger partial charge is 0.305 e. The first-order valence-corrected chi connectivity index (χ1v) is 7.14. The van der Waals surface area contributed by atoms with Crippen LogP contribution < -0.4 is 5.32 Å². The zero-order chi connectivity index (χ0) is 14.5. The van der Waals surface area contributed by atoms with E-state index in [-0.39, 0.29) is 0 Å². The van der Waals surface area contributed by atoms with Crippen LogP contribution in [0.2, 0.25) is 0 Å². The molecule has 0 aliphatic heterocycles. The topological polar surface area (TPSA) is 37.8 Å². The SMILES string of the molecule is Cc1cnc(CNCc2ncccc2C(C)C)c(C)c1. The fourth-order valence-corrected chi connectivity index (χ4v) is 2.35. The van der Waals surface area contributed by atoms with Gasteiger partial charge in [0.1, 0.15) is 0 Å². The molecule has 0 aromatic carbocycles. The molecule has 3 nitrogen and oxygen atoms in total. The van der Waals surface area contributed by atoms with E-state index in [2.05, 4.69) is 55.1 Å². The van der Waals surface area contributed by atoms with Gasteiger partial charge in [-0.05, 0) is 42.5 Å². The summed E-state index contributed by atoms with van der Waals surface area (Å²) in [6.07, 6.45) is 3.78. The highest BCUT2D eigenvalue weighted by atomic mass is 14.9. The average Bonchev–Trinajstić information content (AvgIpc) is 2.41. The first kappa shape index (κ1) is 14.7. The minimum atomic E-state index is 0.500. The Morgan fingerprint density at radius 1 is 1.10 bits per heavy atom. The lowest BCUT2D eigenvalue weighted by atomic mass is 10.0. The molecule has 1 N–H and O–H groups in total. The third kappa shape index (κ3) is 3.64. The van der Waals surface area contributed by atoms with Crippen LogP contribution in [-0.2, 0) is 13.1 Å². The number of rotatable bonds is 5. The Labute approximate surface area is 121 Å². The first-order chi connectivity index (χ1) is 9.58. The minimum absolute atomic E-state index is 0.500. The molecule has 0 radical (unpaired) electrons. The Kier molecular flexibility index (Phi) is 4.85. The number of aryl methyl sites for hydroxylation is 2. The maximum absolute atomic E-state index is 4.48. The van der Waals surface area contributed by atoms with E-state index >= 15 is 0 Å². The van der Waals surface area contributed by atoms with Gasteiger partial charge in [-0.3, -0.25) is 9.97 Å². The molecule has 3 heteroatoms. The Bertz CT molecular complexity index is 576. The Morgan fingerprint density at radius 3 is 2.55 bits per heavy atom. The molecule has 0 unspecified atom stereocenters. The summed E-state index contributed by atoms with van der Waals surface area (Å²) < 4.78 is 0. The van der Waals surface area contributed by atoms with E-state index in [0.717, 1.165) is 24.5 Å². The summed E-state index contributed by atoms with van der Waals surface area (Å²) in [5, 5.41) is 3.45. The van der Waals surface area contributed by atoms with Crippen LogP contribution in [-0.4, -0.2) is 9.97 Å². The van der Waals surface area contributed by atoms with E-state index in [1.54, 1.807) is 0 Å². The predicted octanol–water partition coefficient (Wildman–Crippen LogP) is 3.51. The van der Waals surface area contributed by atoms with Gasteiger partial charge in [0.25, 0.3) is 0 Å². The summed E-state index contributed by atoms with van der Waals surface area (Å²) >= 11 is 0. The number of nitrogens with one attached hydrogen (secondary N) is 1. The molecule has 2 rings (SSSR count). The molecule has 0 fully saturated rings. The van der Waals surface area contributed by atoms with Gasteiger partial charge in [0.15, 0.2) is 0 Å². The number of pyridine rings is 2. The highest BCUT2D eigenvalue weighted by molar-refractivity contribution is 5.24. The van der Waals surface area contributed by atoms with Crippen LogP contribution in [0.4, 0.5) is 0 Å². The van der Waals surface area contributed by atoms with E-state index < -0.39 is 0 Å². The van der Waals surface area contributed by atoms with Crippen LogP contribution in [0, 0.1) is 13.8 Å². The molecule has 0 saturated heterocycles. The van der Waals surface area contributed by atoms with Crippen molar-refractivity contribution < 1.29 is 0 Å². The van der Waals surface area contributed by atoms with Gasteiger partial charge in [0, 0.05) is 25.5 Å². The average molecular weight is 269 g/mol. The molecule has 2 aromatic heterocycles. The van der Waals surface area contributed by atoms with Gasteiger partial charge >= 0.3 is 0 Å².